The second kappa shape index (κ2) is 5.32. The number of nitro benzene ring substituents is 1. The molecule has 1 N–H and O–H groups in total. The zero-order chi connectivity index (χ0) is 13.1. The first-order chi connectivity index (χ1) is 8.61. The molecule has 0 aromatic heterocycles. The minimum atomic E-state index is -0.369. The van der Waals surface area contributed by atoms with E-state index in [2.05, 4.69) is 0 Å². The standard InChI is InChI=1S/C12H16N2O4/c1-9-2-3-11(12(6-9)14(16)17)13-4-5-18-10(7-13)8-15/h2-3,6,10,15H,4-5,7-8H2,1H3. The number of nitrogens with zero attached hydrogens (tertiary/aromatic N) is 2. The number of anilines is 1. The molecule has 1 heterocycles. The van der Waals surface area contributed by atoms with Crippen molar-refractivity contribution in [1.82, 2.24) is 0 Å². The minimum absolute atomic E-state index is 0.0733. The van der Waals surface area contributed by atoms with Gasteiger partial charge in [0.1, 0.15) is 5.69 Å². The summed E-state index contributed by atoms with van der Waals surface area (Å²) >= 11 is 0. The molecule has 0 amide bonds. The summed E-state index contributed by atoms with van der Waals surface area (Å²) in [5.74, 6) is 0. The van der Waals surface area contributed by atoms with Crippen molar-refractivity contribution in [3.63, 3.8) is 0 Å². The van der Waals surface area contributed by atoms with E-state index in [0.29, 0.717) is 25.4 Å². The Bertz CT molecular complexity index is 450. The predicted molar refractivity (Wildman–Crippen MR) is 66.9 cm³/mol. The number of nitro groups is 1. The van der Waals surface area contributed by atoms with Crippen LogP contribution in [0.1, 0.15) is 5.56 Å². The Kier molecular flexibility index (Phi) is 3.78. The third-order valence-corrected chi connectivity index (χ3v) is 3.01. The summed E-state index contributed by atoms with van der Waals surface area (Å²) in [5.41, 5.74) is 1.55. The van der Waals surface area contributed by atoms with Crippen LogP contribution in [0.25, 0.3) is 0 Å². The first-order valence-corrected chi connectivity index (χ1v) is 5.84. The number of aliphatic hydroxyl groups excluding tert-OH is 1. The third kappa shape index (κ3) is 2.60. The van der Waals surface area contributed by atoms with E-state index in [1.54, 1.807) is 12.1 Å². The van der Waals surface area contributed by atoms with E-state index in [-0.39, 0.29) is 23.3 Å². The molecule has 0 aliphatic carbocycles. The van der Waals surface area contributed by atoms with Crippen LogP contribution in [0.4, 0.5) is 11.4 Å². The summed E-state index contributed by atoms with van der Waals surface area (Å²) in [6, 6.07) is 5.18. The van der Waals surface area contributed by atoms with Gasteiger partial charge in [-0.2, -0.15) is 0 Å². The number of morpholine rings is 1. The van der Waals surface area contributed by atoms with Crippen molar-refractivity contribution in [3.05, 3.63) is 33.9 Å². The molecule has 6 heteroatoms. The van der Waals surface area contributed by atoms with Crippen LogP contribution in [0, 0.1) is 17.0 Å². The Hall–Kier alpha value is -1.66. The van der Waals surface area contributed by atoms with Crippen molar-refractivity contribution in [3.8, 4) is 0 Å². The molecule has 6 nitrogen and oxygen atoms in total. The first kappa shape index (κ1) is 12.8. The molecule has 2 rings (SSSR count). The number of aliphatic hydroxyl groups is 1. The van der Waals surface area contributed by atoms with Crippen LogP contribution in [0.3, 0.4) is 0 Å². The van der Waals surface area contributed by atoms with Crippen LogP contribution in [0.15, 0.2) is 18.2 Å². The fourth-order valence-corrected chi connectivity index (χ4v) is 2.10. The van der Waals surface area contributed by atoms with Gasteiger partial charge in [0.05, 0.1) is 24.2 Å². The monoisotopic (exact) mass is 252 g/mol. The van der Waals surface area contributed by atoms with Gasteiger partial charge >= 0.3 is 0 Å². The van der Waals surface area contributed by atoms with Crippen molar-refractivity contribution in [1.29, 1.82) is 0 Å². The van der Waals surface area contributed by atoms with Crippen LogP contribution >= 0.6 is 0 Å². The molecule has 1 saturated heterocycles. The lowest BCUT2D eigenvalue weighted by Crippen LogP contribution is -2.44. The molecule has 0 saturated carbocycles. The third-order valence-electron chi connectivity index (χ3n) is 3.01. The predicted octanol–water partition coefficient (Wildman–Crippen LogP) is 1.10. The Labute approximate surface area is 105 Å². The molecule has 0 spiro atoms. The van der Waals surface area contributed by atoms with Crippen LogP contribution in [0.2, 0.25) is 0 Å². The van der Waals surface area contributed by atoms with Gasteiger partial charge in [0.2, 0.25) is 0 Å². The highest BCUT2D eigenvalue weighted by atomic mass is 16.6. The fourth-order valence-electron chi connectivity index (χ4n) is 2.10. The number of benzene rings is 1. The number of hydrogen-bond acceptors (Lipinski definition) is 5. The normalized spacial score (nSPS) is 19.9. The van der Waals surface area contributed by atoms with Gasteiger partial charge in [-0.15, -0.1) is 0 Å². The van der Waals surface area contributed by atoms with E-state index in [4.69, 9.17) is 9.84 Å². The Morgan fingerprint density at radius 1 is 1.61 bits per heavy atom. The molecule has 1 aromatic rings. The van der Waals surface area contributed by atoms with Crippen LogP contribution in [-0.4, -0.2) is 42.4 Å². The Morgan fingerprint density at radius 2 is 2.39 bits per heavy atom. The van der Waals surface area contributed by atoms with Crippen molar-refractivity contribution in [2.24, 2.45) is 0 Å². The van der Waals surface area contributed by atoms with Crippen LogP contribution < -0.4 is 4.90 Å². The van der Waals surface area contributed by atoms with Gasteiger partial charge in [-0.3, -0.25) is 10.1 Å². The smallest absolute Gasteiger partial charge is 0.292 e. The zero-order valence-electron chi connectivity index (χ0n) is 10.2. The van der Waals surface area contributed by atoms with Gasteiger partial charge in [0, 0.05) is 19.2 Å². The summed E-state index contributed by atoms with van der Waals surface area (Å²) in [6.07, 6.45) is -0.278. The van der Waals surface area contributed by atoms with Gasteiger partial charge in [0.25, 0.3) is 5.69 Å². The average Bonchev–Trinajstić information content (AvgIpc) is 2.38. The molecule has 1 fully saturated rings. The second-order valence-corrected chi connectivity index (χ2v) is 4.37. The van der Waals surface area contributed by atoms with E-state index >= 15 is 0 Å². The molecule has 1 aliphatic rings. The van der Waals surface area contributed by atoms with Gasteiger partial charge in [-0.25, -0.2) is 0 Å². The molecule has 1 unspecified atom stereocenters. The summed E-state index contributed by atoms with van der Waals surface area (Å²) in [5, 5.41) is 20.2. The molecular weight excluding hydrogens is 236 g/mol. The van der Waals surface area contributed by atoms with Crippen LogP contribution in [-0.2, 0) is 4.74 Å². The molecule has 0 bridgehead atoms. The summed E-state index contributed by atoms with van der Waals surface area (Å²) < 4.78 is 5.34. The van der Waals surface area contributed by atoms with Crippen LogP contribution in [0.5, 0.6) is 0 Å². The number of hydrogen-bond donors (Lipinski definition) is 1. The number of ether oxygens (including phenoxy) is 1. The maximum absolute atomic E-state index is 11.1. The number of aryl methyl sites for hydroxylation is 1. The summed E-state index contributed by atoms with van der Waals surface area (Å²) in [4.78, 5) is 12.6. The summed E-state index contributed by atoms with van der Waals surface area (Å²) in [7, 11) is 0. The maximum atomic E-state index is 11.1. The van der Waals surface area contributed by atoms with E-state index < -0.39 is 0 Å². The summed E-state index contributed by atoms with van der Waals surface area (Å²) in [6.45, 7) is 3.29. The molecule has 1 aromatic carbocycles. The molecule has 1 atom stereocenters. The van der Waals surface area contributed by atoms with E-state index in [0.717, 1.165) is 5.56 Å². The SMILES string of the molecule is Cc1ccc(N2CCOC(CO)C2)c([N+](=O)[O-])c1. The molecule has 18 heavy (non-hydrogen) atoms. The van der Waals surface area contributed by atoms with Crippen molar-refractivity contribution >= 4 is 11.4 Å². The van der Waals surface area contributed by atoms with Gasteiger partial charge in [-0.05, 0) is 18.6 Å². The second-order valence-electron chi connectivity index (χ2n) is 4.37. The number of rotatable bonds is 3. The Morgan fingerprint density at radius 3 is 3.06 bits per heavy atom. The van der Waals surface area contributed by atoms with E-state index in [1.165, 1.54) is 0 Å². The van der Waals surface area contributed by atoms with Gasteiger partial charge < -0.3 is 14.7 Å². The van der Waals surface area contributed by atoms with Crippen molar-refractivity contribution < 1.29 is 14.8 Å². The minimum Gasteiger partial charge on any atom is -0.394 e. The van der Waals surface area contributed by atoms with E-state index in [1.807, 2.05) is 17.9 Å². The lowest BCUT2D eigenvalue weighted by molar-refractivity contribution is -0.384. The van der Waals surface area contributed by atoms with E-state index in [9.17, 15) is 10.1 Å². The lowest BCUT2D eigenvalue weighted by atomic mass is 10.1. The maximum Gasteiger partial charge on any atom is 0.292 e. The van der Waals surface area contributed by atoms with Gasteiger partial charge in [-0.1, -0.05) is 6.07 Å². The van der Waals surface area contributed by atoms with Gasteiger partial charge in [0.15, 0.2) is 0 Å². The lowest BCUT2D eigenvalue weighted by Gasteiger charge is -2.33. The largest absolute Gasteiger partial charge is 0.394 e. The topological polar surface area (TPSA) is 75.8 Å². The highest BCUT2D eigenvalue weighted by molar-refractivity contribution is 5.64. The highest BCUT2D eigenvalue weighted by Crippen LogP contribution is 2.30. The van der Waals surface area contributed by atoms with Crippen molar-refractivity contribution in [2.75, 3.05) is 31.2 Å². The molecule has 1 aliphatic heterocycles. The Balaban J connectivity index is 2.29. The first-order valence-electron chi connectivity index (χ1n) is 5.84. The fraction of sp³-hybridized carbons (Fsp3) is 0.500. The molecular formula is C12H16N2O4. The quantitative estimate of drug-likeness (QED) is 0.644. The highest BCUT2D eigenvalue weighted by Gasteiger charge is 2.25. The molecule has 98 valence electrons. The van der Waals surface area contributed by atoms with Crippen molar-refractivity contribution in [2.45, 2.75) is 13.0 Å². The molecule has 0 radical (unpaired) electrons. The average molecular weight is 252 g/mol. The zero-order valence-corrected chi connectivity index (χ0v) is 10.2.